The topological polar surface area (TPSA) is 59.3 Å². The SMILES string of the molecule is Cc1cc2nc(NN=O)n(C)c2cc1C. The molecular weight excluding hydrogens is 192 g/mol. The number of nitrogens with zero attached hydrogens (tertiary/aromatic N) is 3. The van der Waals surface area contributed by atoms with Gasteiger partial charge >= 0.3 is 0 Å². The fourth-order valence-electron chi connectivity index (χ4n) is 1.59. The van der Waals surface area contributed by atoms with Crippen LogP contribution < -0.4 is 5.43 Å². The Bertz CT molecular complexity index is 530. The standard InChI is InChI=1S/C10H12N4O/c1-6-4-8-9(5-7(6)2)14(3)10(11-8)12-13-15/h4-5H,1-3H3,(H,11,12,15). The van der Waals surface area contributed by atoms with Crippen molar-refractivity contribution in [3.05, 3.63) is 28.2 Å². The van der Waals surface area contributed by atoms with E-state index in [4.69, 9.17) is 0 Å². The van der Waals surface area contributed by atoms with Crippen LogP contribution in [0.4, 0.5) is 5.95 Å². The lowest BCUT2D eigenvalue weighted by atomic mass is 10.1. The first kappa shape index (κ1) is 9.64. The number of fused-ring (bicyclic) bond motifs is 1. The van der Waals surface area contributed by atoms with Gasteiger partial charge in [-0.05, 0) is 37.1 Å². The maximum atomic E-state index is 10.1. The molecule has 0 amide bonds. The molecule has 0 aliphatic rings. The van der Waals surface area contributed by atoms with Crippen molar-refractivity contribution >= 4 is 17.0 Å². The molecule has 0 bridgehead atoms. The Labute approximate surface area is 87.1 Å². The molecule has 2 aromatic rings. The number of anilines is 1. The minimum atomic E-state index is 0.463. The molecule has 78 valence electrons. The maximum Gasteiger partial charge on any atom is 0.227 e. The van der Waals surface area contributed by atoms with Crippen LogP contribution in [0.3, 0.4) is 0 Å². The molecule has 1 aromatic heterocycles. The molecule has 0 saturated heterocycles. The number of benzene rings is 1. The number of rotatable bonds is 2. The van der Waals surface area contributed by atoms with Crippen molar-refractivity contribution in [3.63, 3.8) is 0 Å². The van der Waals surface area contributed by atoms with Gasteiger partial charge in [-0.3, -0.25) is 0 Å². The zero-order chi connectivity index (χ0) is 11.0. The predicted molar refractivity (Wildman–Crippen MR) is 59.6 cm³/mol. The third-order valence-electron chi connectivity index (χ3n) is 2.64. The molecule has 0 fully saturated rings. The van der Waals surface area contributed by atoms with Crippen molar-refractivity contribution in [1.82, 2.24) is 9.55 Å². The van der Waals surface area contributed by atoms with Gasteiger partial charge in [0.05, 0.1) is 16.3 Å². The summed E-state index contributed by atoms with van der Waals surface area (Å²) in [5.41, 5.74) is 6.57. The molecule has 1 heterocycles. The van der Waals surface area contributed by atoms with Crippen molar-refractivity contribution in [2.75, 3.05) is 5.43 Å². The van der Waals surface area contributed by atoms with Crippen LogP contribution in [0, 0.1) is 18.8 Å². The highest BCUT2D eigenvalue weighted by atomic mass is 16.3. The second-order valence-corrected chi connectivity index (χ2v) is 3.62. The van der Waals surface area contributed by atoms with E-state index in [1.807, 2.05) is 37.6 Å². The Balaban J connectivity index is 2.71. The lowest BCUT2D eigenvalue weighted by Crippen LogP contribution is -1.96. The third kappa shape index (κ3) is 1.45. The lowest BCUT2D eigenvalue weighted by molar-refractivity contribution is 0.940. The van der Waals surface area contributed by atoms with E-state index in [1.54, 1.807) is 0 Å². The number of nitroso groups, excluding NO2 is 1. The van der Waals surface area contributed by atoms with Crippen LogP contribution in [0.5, 0.6) is 0 Å². The Morgan fingerprint density at radius 3 is 2.67 bits per heavy atom. The van der Waals surface area contributed by atoms with Crippen LogP contribution in [-0.4, -0.2) is 9.55 Å². The van der Waals surface area contributed by atoms with Gasteiger partial charge in [0.2, 0.25) is 5.95 Å². The van der Waals surface area contributed by atoms with E-state index in [1.165, 1.54) is 11.1 Å². The highest BCUT2D eigenvalue weighted by Gasteiger charge is 2.08. The Morgan fingerprint density at radius 2 is 2.00 bits per heavy atom. The Morgan fingerprint density at radius 1 is 1.33 bits per heavy atom. The maximum absolute atomic E-state index is 10.1. The van der Waals surface area contributed by atoms with Gasteiger partial charge < -0.3 is 4.57 Å². The molecule has 0 radical (unpaired) electrons. The number of nitrogens with one attached hydrogen (secondary N) is 1. The van der Waals surface area contributed by atoms with Gasteiger partial charge in [-0.15, -0.1) is 4.91 Å². The van der Waals surface area contributed by atoms with E-state index in [9.17, 15) is 4.91 Å². The summed E-state index contributed by atoms with van der Waals surface area (Å²) < 4.78 is 1.81. The molecule has 1 aromatic carbocycles. The molecule has 5 nitrogen and oxygen atoms in total. The summed E-state index contributed by atoms with van der Waals surface area (Å²) in [4.78, 5) is 14.4. The number of imidazole rings is 1. The highest BCUT2D eigenvalue weighted by Crippen LogP contribution is 2.21. The zero-order valence-corrected chi connectivity index (χ0v) is 8.90. The molecule has 1 N–H and O–H groups in total. The van der Waals surface area contributed by atoms with Crippen LogP contribution in [-0.2, 0) is 7.05 Å². The van der Waals surface area contributed by atoms with Gasteiger partial charge in [0.15, 0.2) is 0 Å². The van der Waals surface area contributed by atoms with Crippen LogP contribution in [0.25, 0.3) is 11.0 Å². The van der Waals surface area contributed by atoms with Crippen molar-refractivity contribution in [2.24, 2.45) is 12.3 Å². The molecule has 5 heteroatoms. The fraction of sp³-hybridized carbons (Fsp3) is 0.300. The normalized spacial score (nSPS) is 10.6. The van der Waals surface area contributed by atoms with E-state index < -0.39 is 0 Å². The number of aryl methyl sites for hydroxylation is 3. The summed E-state index contributed by atoms with van der Waals surface area (Å²) in [6.45, 7) is 4.08. The lowest BCUT2D eigenvalue weighted by Gasteiger charge is -2.01. The molecule has 2 rings (SSSR count). The number of hydrogen-bond donors (Lipinski definition) is 1. The second kappa shape index (κ2) is 3.34. The molecule has 0 aliphatic carbocycles. The molecule has 0 aliphatic heterocycles. The highest BCUT2D eigenvalue weighted by molar-refractivity contribution is 5.80. The summed E-state index contributed by atoms with van der Waals surface area (Å²) in [6, 6.07) is 4.05. The minimum Gasteiger partial charge on any atom is -0.312 e. The number of hydrogen-bond acceptors (Lipinski definition) is 3. The summed E-state index contributed by atoms with van der Waals surface area (Å²) >= 11 is 0. The van der Waals surface area contributed by atoms with E-state index in [0.29, 0.717) is 5.95 Å². The van der Waals surface area contributed by atoms with E-state index in [0.717, 1.165) is 11.0 Å². The van der Waals surface area contributed by atoms with Crippen molar-refractivity contribution in [3.8, 4) is 0 Å². The summed E-state index contributed by atoms with van der Waals surface area (Å²) in [6.07, 6.45) is 0. The second-order valence-electron chi connectivity index (χ2n) is 3.62. The fourth-order valence-corrected chi connectivity index (χ4v) is 1.59. The summed E-state index contributed by atoms with van der Waals surface area (Å²) in [5.74, 6) is 0.463. The van der Waals surface area contributed by atoms with E-state index in [2.05, 4.69) is 15.7 Å². The molecule has 15 heavy (non-hydrogen) atoms. The van der Waals surface area contributed by atoms with Crippen LogP contribution in [0.1, 0.15) is 11.1 Å². The Kier molecular flexibility index (Phi) is 2.15. The van der Waals surface area contributed by atoms with Crippen molar-refractivity contribution < 1.29 is 0 Å². The summed E-state index contributed by atoms with van der Waals surface area (Å²) in [7, 11) is 1.84. The van der Waals surface area contributed by atoms with Crippen molar-refractivity contribution in [2.45, 2.75) is 13.8 Å². The first-order chi connectivity index (χ1) is 7.13. The first-order valence-electron chi connectivity index (χ1n) is 4.65. The average molecular weight is 204 g/mol. The largest absolute Gasteiger partial charge is 0.312 e. The summed E-state index contributed by atoms with van der Waals surface area (Å²) in [5, 5.41) is 2.62. The van der Waals surface area contributed by atoms with Gasteiger partial charge in [-0.25, -0.2) is 10.4 Å². The van der Waals surface area contributed by atoms with Gasteiger partial charge in [0.1, 0.15) is 0 Å². The van der Waals surface area contributed by atoms with Gasteiger partial charge in [-0.1, -0.05) is 0 Å². The van der Waals surface area contributed by atoms with E-state index in [-0.39, 0.29) is 0 Å². The molecular formula is C10H12N4O. The molecule has 0 spiro atoms. The average Bonchev–Trinajstić information content (AvgIpc) is 2.47. The zero-order valence-electron chi connectivity index (χ0n) is 8.90. The van der Waals surface area contributed by atoms with Crippen LogP contribution in [0.2, 0.25) is 0 Å². The Hall–Kier alpha value is -1.91. The monoisotopic (exact) mass is 204 g/mol. The smallest absolute Gasteiger partial charge is 0.227 e. The van der Waals surface area contributed by atoms with Crippen molar-refractivity contribution in [1.29, 1.82) is 0 Å². The quantitative estimate of drug-likeness (QED) is 0.603. The van der Waals surface area contributed by atoms with E-state index >= 15 is 0 Å². The molecule has 0 atom stereocenters. The van der Waals surface area contributed by atoms with Crippen LogP contribution in [0.15, 0.2) is 17.4 Å². The van der Waals surface area contributed by atoms with Gasteiger partial charge in [-0.2, -0.15) is 0 Å². The molecule has 0 saturated carbocycles. The minimum absolute atomic E-state index is 0.463. The predicted octanol–water partition coefficient (Wildman–Crippen LogP) is 2.28. The molecule has 0 unspecified atom stereocenters. The number of aromatic nitrogens is 2. The van der Waals surface area contributed by atoms with Gasteiger partial charge in [0, 0.05) is 7.05 Å². The first-order valence-corrected chi connectivity index (χ1v) is 4.65. The van der Waals surface area contributed by atoms with Gasteiger partial charge in [0.25, 0.3) is 0 Å². The van der Waals surface area contributed by atoms with Crippen LogP contribution >= 0.6 is 0 Å². The third-order valence-corrected chi connectivity index (χ3v) is 2.64.